The highest BCUT2D eigenvalue weighted by atomic mass is 16.7. The Balaban J connectivity index is 2.22. The van der Waals surface area contributed by atoms with Crippen LogP contribution in [0.25, 0.3) is 0 Å². The van der Waals surface area contributed by atoms with E-state index >= 15 is 0 Å². The number of amides is 1. The van der Waals surface area contributed by atoms with Crippen LogP contribution in [-0.2, 0) is 14.3 Å². The van der Waals surface area contributed by atoms with Crippen LogP contribution in [0.3, 0.4) is 0 Å². The van der Waals surface area contributed by atoms with E-state index in [1.165, 1.54) is 0 Å². The molecule has 0 radical (unpaired) electrons. The normalized spacial score (nSPS) is 32.0. The second-order valence-electron chi connectivity index (χ2n) is 5.46. The second-order valence-corrected chi connectivity index (χ2v) is 5.46. The van der Waals surface area contributed by atoms with Gasteiger partial charge in [-0.1, -0.05) is 13.3 Å². The number of unbranched alkanes of at least 4 members (excludes halogenated alkanes) is 1. The molecule has 6 N–H and O–H groups in total. The van der Waals surface area contributed by atoms with Gasteiger partial charge in [-0.25, -0.2) is 0 Å². The van der Waals surface area contributed by atoms with Gasteiger partial charge in [0, 0.05) is 13.0 Å². The van der Waals surface area contributed by atoms with Crippen molar-refractivity contribution in [2.45, 2.75) is 63.3 Å². The van der Waals surface area contributed by atoms with Crippen LogP contribution in [-0.4, -0.2) is 71.6 Å². The molecular formula is C14H28N2O6. The summed E-state index contributed by atoms with van der Waals surface area (Å²) in [4.78, 5) is 11.4. The van der Waals surface area contributed by atoms with Crippen LogP contribution in [0.2, 0.25) is 0 Å². The zero-order valence-electron chi connectivity index (χ0n) is 13.0. The Morgan fingerprint density at radius 2 is 2.05 bits per heavy atom. The maximum atomic E-state index is 11.4. The van der Waals surface area contributed by atoms with Crippen LogP contribution in [0, 0.1) is 0 Å². The van der Waals surface area contributed by atoms with Crippen LogP contribution in [0.4, 0.5) is 0 Å². The molecule has 8 heteroatoms. The van der Waals surface area contributed by atoms with Crippen molar-refractivity contribution in [2.75, 3.05) is 19.8 Å². The molecule has 5 unspecified atom stereocenters. The first-order valence-electron chi connectivity index (χ1n) is 7.77. The third-order valence-corrected chi connectivity index (χ3v) is 3.61. The first-order valence-corrected chi connectivity index (χ1v) is 7.77. The molecule has 1 rings (SSSR count). The van der Waals surface area contributed by atoms with Crippen molar-refractivity contribution < 1.29 is 29.6 Å². The number of ether oxygens (including phenoxy) is 2. The molecule has 1 amide bonds. The van der Waals surface area contributed by atoms with Gasteiger partial charge >= 0.3 is 0 Å². The van der Waals surface area contributed by atoms with E-state index in [9.17, 15) is 15.0 Å². The zero-order chi connectivity index (χ0) is 16.5. The van der Waals surface area contributed by atoms with E-state index in [0.717, 1.165) is 12.8 Å². The molecule has 1 aliphatic rings. The second kappa shape index (κ2) is 10.1. The van der Waals surface area contributed by atoms with Gasteiger partial charge in [-0.15, -0.1) is 0 Å². The molecule has 0 spiro atoms. The molecule has 0 aromatic rings. The molecule has 1 aliphatic heterocycles. The Bertz CT molecular complexity index is 328. The molecule has 0 bridgehead atoms. The van der Waals surface area contributed by atoms with Gasteiger partial charge < -0.3 is 35.8 Å². The lowest BCUT2D eigenvalue weighted by atomic mass is 9.98. The molecule has 0 saturated carbocycles. The summed E-state index contributed by atoms with van der Waals surface area (Å²) in [7, 11) is 0. The highest BCUT2D eigenvalue weighted by Crippen LogP contribution is 2.20. The number of hydrogen-bond acceptors (Lipinski definition) is 7. The molecule has 130 valence electrons. The molecule has 0 aliphatic carbocycles. The summed E-state index contributed by atoms with van der Waals surface area (Å²) >= 11 is 0. The van der Waals surface area contributed by atoms with Crippen molar-refractivity contribution in [1.82, 2.24) is 5.32 Å². The maximum absolute atomic E-state index is 11.4. The summed E-state index contributed by atoms with van der Waals surface area (Å²) in [6.07, 6.45) is -1.32. The topological polar surface area (TPSA) is 134 Å². The summed E-state index contributed by atoms with van der Waals surface area (Å²) in [6.45, 7) is 2.37. The van der Waals surface area contributed by atoms with E-state index in [2.05, 4.69) is 5.32 Å². The Morgan fingerprint density at radius 1 is 1.32 bits per heavy atom. The van der Waals surface area contributed by atoms with E-state index in [1.54, 1.807) is 0 Å². The smallest absolute Gasteiger partial charge is 0.219 e. The number of carbonyl (C=O) groups is 1. The number of nitrogens with two attached hydrogens (primary N) is 1. The zero-order valence-corrected chi connectivity index (χ0v) is 13.0. The van der Waals surface area contributed by atoms with Crippen LogP contribution in [0.15, 0.2) is 0 Å². The lowest BCUT2D eigenvalue weighted by Gasteiger charge is -2.40. The summed E-state index contributed by atoms with van der Waals surface area (Å²) < 4.78 is 10.7. The van der Waals surface area contributed by atoms with Gasteiger partial charge in [-0.3, -0.25) is 4.79 Å². The predicted molar refractivity (Wildman–Crippen MR) is 78.8 cm³/mol. The van der Waals surface area contributed by atoms with Gasteiger partial charge in [0.1, 0.15) is 18.3 Å². The number of nitrogens with one attached hydrogen (secondary N) is 1. The van der Waals surface area contributed by atoms with Gasteiger partial charge in [0.05, 0.1) is 19.3 Å². The molecule has 8 nitrogen and oxygen atoms in total. The fourth-order valence-electron chi connectivity index (χ4n) is 2.18. The first-order chi connectivity index (χ1) is 10.5. The van der Waals surface area contributed by atoms with Gasteiger partial charge in [-0.2, -0.15) is 0 Å². The fraction of sp³-hybridized carbons (Fsp3) is 0.929. The standard InChI is InChI=1S/C14H28N2O6/c1-2-3-5-10(18)16-6-4-7-21-14-11(15)13(20)12(19)9(8-17)22-14/h9,11-14,17,19-20H,2-8,15H2,1H3,(H,16,18). The summed E-state index contributed by atoms with van der Waals surface area (Å²) in [5.74, 6) is 0.0198. The quantitative estimate of drug-likeness (QED) is 0.325. The van der Waals surface area contributed by atoms with Crippen molar-refractivity contribution in [1.29, 1.82) is 0 Å². The third kappa shape index (κ3) is 5.79. The van der Waals surface area contributed by atoms with Crippen LogP contribution < -0.4 is 11.1 Å². The van der Waals surface area contributed by atoms with E-state index in [4.69, 9.17) is 20.3 Å². The molecule has 1 saturated heterocycles. The molecule has 22 heavy (non-hydrogen) atoms. The summed E-state index contributed by atoms with van der Waals surface area (Å²) in [6, 6.07) is -0.892. The molecule has 1 fully saturated rings. The SMILES string of the molecule is CCCCC(=O)NCCCOC1OC(CO)C(O)C(O)C1N. The monoisotopic (exact) mass is 320 g/mol. The molecule has 5 atom stereocenters. The Labute approximate surface area is 130 Å². The molecule has 1 heterocycles. The van der Waals surface area contributed by atoms with Crippen LogP contribution in [0.5, 0.6) is 0 Å². The van der Waals surface area contributed by atoms with E-state index in [1.807, 2.05) is 6.92 Å². The van der Waals surface area contributed by atoms with Crippen LogP contribution in [0.1, 0.15) is 32.6 Å². The molecule has 0 aromatic heterocycles. The number of hydrogen-bond donors (Lipinski definition) is 5. The summed E-state index contributed by atoms with van der Waals surface area (Å²) in [5.41, 5.74) is 5.74. The highest BCUT2D eigenvalue weighted by Gasteiger charge is 2.42. The lowest BCUT2D eigenvalue weighted by Crippen LogP contribution is -2.62. The summed E-state index contributed by atoms with van der Waals surface area (Å²) in [5, 5.41) is 31.3. The Morgan fingerprint density at radius 3 is 2.68 bits per heavy atom. The van der Waals surface area contributed by atoms with E-state index in [0.29, 0.717) is 19.4 Å². The highest BCUT2D eigenvalue weighted by molar-refractivity contribution is 5.75. The lowest BCUT2D eigenvalue weighted by molar-refractivity contribution is -0.265. The van der Waals surface area contributed by atoms with Crippen molar-refractivity contribution in [3.8, 4) is 0 Å². The van der Waals surface area contributed by atoms with Crippen molar-refractivity contribution in [3.05, 3.63) is 0 Å². The fourth-order valence-corrected chi connectivity index (χ4v) is 2.18. The van der Waals surface area contributed by atoms with Crippen molar-refractivity contribution >= 4 is 5.91 Å². The third-order valence-electron chi connectivity index (χ3n) is 3.61. The minimum absolute atomic E-state index is 0.0198. The van der Waals surface area contributed by atoms with Gasteiger partial charge in [0.2, 0.25) is 5.91 Å². The molecule has 0 aromatic carbocycles. The van der Waals surface area contributed by atoms with E-state index < -0.39 is 37.3 Å². The largest absolute Gasteiger partial charge is 0.394 e. The van der Waals surface area contributed by atoms with Gasteiger partial charge in [0.15, 0.2) is 6.29 Å². The average molecular weight is 320 g/mol. The number of aliphatic hydroxyl groups is 3. The van der Waals surface area contributed by atoms with E-state index in [-0.39, 0.29) is 12.5 Å². The number of rotatable bonds is 9. The van der Waals surface area contributed by atoms with Crippen molar-refractivity contribution in [3.63, 3.8) is 0 Å². The van der Waals surface area contributed by atoms with Crippen molar-refractivity contribution in [2.24, 2.45) is 5.73 Å². The Hall–Kier alpha value is -0.770. The minimum atomic E-state index is -1.24. The average Bonchev–Trinajstić information content (AvgIpc) is 2.52. The number of aliphatic hydroxyl groups excluding tert-OH is 3. The first kappa shape index (κ1) is 19.3. The Kier molecular flexibility index (Phi) is 8.84. The number of carbonyl (C=O) groups excluding carboxylic acids is 1. The minimum Gasteiger partial charge on any atom is -0.394 e. The predicted octanol–water partition coefficient (Wildman–Crippen LogP) is -1.53. The van der Waals surface area contributed by atoms with Crippen LogP contribution >= 0.6 is 0 Å². The van der Waals surface area contributed by atoms with Gasteiger partial charge in [0.25, 0.3) is 0 Å². The molecular weight excluding hydrogens is 292 g/mol. The van der Waals surface area contributed by atoms with Gasteiger partial charge in [-0.05, 0) is 12.8 Å². The maximum Gasteiger partial charge on any atom is 0.219 e.